The van der Waals surface area contributed by atoms with Gasteiger partial charge in [0, 0.05) is 12.0 Å². The van der Waals surface area contributed by atoms with Crippen molar-refractivity contribution in [1.82, 2.24) is 5.32 Å². The SMILES string of the molecule is C#C[C@H]1CC[C@H](NC(=O)OC(C)(C)C)CC1. The number of hydrogen-bond donors (Lipinski definition) is 1. The summed E-state index contributed by atoms with van der Waals surface area (Å²) in [5.74, 6) is 3.16. The van der Waals surface area contributed by atoms with Crippen molar-refractivity contribution >= 4 is 6.09 Å². The molecule has 0 aromatic rings. The van der Waals surface area contributed by atoms with Crippen molar-refractivity contribution in [2.45, 2.75) is 58.1 Å². The fourth-order valence-electron chi connectivity index (χ4n) is 1.88. The summed E-state index contributed by atoms with van der Waals surface area (Å²) in [7, 11) is 0. The van der Waals surface area contributed by atoms with E-state index >= 15 is 0 Å². The van der Waals surface area contributed by atoms with Gasteiger partial charge in [-0.15, -0.1) is 12.3 Å². The molecule has 1 saturated carbocycles. The van der Waals surface area contributed by atoms with Gasteiger partial charge in [0.1, 0.15) is 5.60 Å². The molecule has 0 unspecified atom stereocenters. The van der Waals surface area contributed by atoms with Crippen LogP contribution in [0, 0.1) is 18.3 Å². The average molecular weight is 223 g/mol. The molecule has 0 radical (unpaired) electrons. The normalized spacial score (nSPS) is 25.6. The predicted molar refractivity (Wildman–Crippen MR) is 63.9 cm³/mol. The summed E-state index contributed by atoms with van der Waals surface area (Å²) in [6.45, 7) is 5.59. The molecule has 16 heavy (non-hydrogen) atoms. The van der Waals surface area contributed by atoms with Crippen LogP contribution in [0.2, 0.25) is 0 Å². The molecule has 1 N–H and O–H groups in total. The molecule has 0 bridgehead atoms. The summed E-state index contributed by atoms with van der Waals surface area (Å²) >= 11 is 0. The van der Waals surface area contributed by atoms with E-state index in [9.17, 15) is 4.79 Å². The molecule has 1 aliphatic carbocycles. The van der Waals surface area contributed by atoms with Gasteiger partial charge in [0.2, 0.25) is 0 Å². The Labute approximate surface area is 97.9 Å². The van der Waals surface area contributed by atoms with E-state index in [1.165, 1.54) is 0 Å². The van der Waals surface area contributed by atoms with E-state index in [1.54, 1.807) is 0 Å². The lowest BCUT2D eigenvalue weighted by atomic mass is 9.87. The Kier molecular flexibility index (Phi) is 4.23. The van der Waals surface area contributed by atoms with Crippen LogP contribution in [-0.4, -0.2) is 17.7 Å². The van der Waals surface area contributed by atoms with Crippen molar-refractivity contribution in [2.24, 2.45) is 5.92 Å². The third-order valence-electron chi connectivity index (χ3n) is 2.68. The van der Waals surface area contributed by atoms with Gasteiger partial charge in [0.05, 0.1) is 0 Å². The fourth-order valence-corrected chi connectivity index (χ4v) is 1.88. The van der Waals surface area contributed by atoms with Gasteiger partial charge < -0.3 is 10.1 Å². The van der Waals surface area contributed by atoms with Crippen LogP contribution >= 0.6 is 0 Å². The standard InChI is InChI=1S/C13H21NO2/c1-5-10-6-8-11(9-7-10)14-12(15)16-13(2,3)4/h1,10-11H,6-9H2,2-4H3,(H,14,15)/t10-,11-. The molecule has 0 aromatic heterocycles. The number of nitrogens with one attached hydrogen (secondary N) is 1. The lowest BCUT2D eigenvalue weighted by molar-refractivity contribution is 0.0490. The number of amides is 1. The van der Waals surface area contributed by atoms with Crippen molar-refractivity contribution in [3.05, 3.63) is 0 Å². The van der Waals surface area contributed by atoms with Gasteiger partial charge in [-0.25, -0.2) is 4.79 Å². The lowest BCUT2D eigenvalue weighted by Crippen LogP contribution is -2.40. The first-order valence-corrected chi connectivity index (χ1v) is 5.86. The lowest BCUT2D eigenvalue weighted by Gasteiger charge is -2.28. The Morgan fingerprint density at radius 1 is 1.31 bits per heavy atom. The molecule has 0 aliphatic heterocycles. The topological polar surface area (TPSA) is 38.3 Å². The first-order chi connectivity index (χ1) is 7.40. The third kappa shape index (κ3) is 4.57. The second kappa shape index (κ2) is 5.25. The van der Waals surface area contributed by atoms with Crippen LogP contribution in [-0.2, 0) is 4.74 Å². The van der Waals surface area contributed by atoms with E-state index in [0.29, 0.717) is 5.92 Å². The second-order valence-corrected chi connectivity index (χ2v) is 5.36. The summed E-state index contributed by atoms with van der Waals surface area (Å²) in [5, 5.41) is 2.89. The molecular formula is C13H21NO2. The molecule has 3 heteroatoms. The van der Waals surface area contributed by atoms with Gasteiger partial charge in [0.25, 0.3) is 0 Å². The van der Waals surface area contributed by atoms with Crippen LogP contribution in [0.25, 0.3) is 0 Å². The van der Waals surface area contributed by atoms with E-state index in [1.807, 2.05) is 20.8 Å². The number of terminal acetylenes is 1. The molecule has 0 saturated heterocycles. The monoisotopic (exact) mass is 223 g/mol. The first-order valence-electron chi connectivity index (χ1n) is 5.86. The zero-order chi connectivity index (χ0) is 12.2. The van der Waals surface area contributed by atoms with Gasteiger partial charge in [-0.3, -0.25) is 0 Å². The van der Waals surface area contributed by atoms with Gasteiger partial charge in [-0.05, 0) is 46.5 Å². The Morgan fingerprint density at radius 2 is 1.88 bits per heavy atom. The maximum Gasteiger partial charge on any atom is 0.407 e. The maximum absolute atomic E-state index is 11.5. The highest BCUT2D eigenvalue weighted by molar-refractivity contribution is 5.68. The highest BCUT2D eigenvalue weighted by atomic mass is 16.6. The number of carbonyl (C=O) groups excluding carboxylic acids is 1. The quantitative estimate of drug-likeness (QED) is 0.694. The molecule has 1 aliphatic rings. The van der Waals surface area contributed by atoms with Crippen LogP contribution in [0.5, 0.6) is 0 Å². The third-order valence-corrected chi connectivity index (χ3v) is 2.68. The van der Waals surface area contributed by atoms with Crippen LogP contribution < -0.4 is 5.32 Å². The van der Waals surface area contributed by atoms with Crippen LogP contribution in [0.1, 0.15) is 46.5 Å². The van der Waals surface area contributed by atoms with Crippen LogP contribution in [0.4, 0.5) is 4.79 Å². The van der Waals surface area contributed by atoms with Gasteiger partial charge >= 0.3 is 6.09 Å². The Hall–Kier alpha value is -1.17. The zero-order valence-electron chi connectivity index (χ0n) is 10.4. The Morgan fingerprint density at radius 3 is 2.31 bits per heavy atom. The molecule has 1 amide bonds. The Balaban J connectivity index is 2.29. The summed E-state index contributed by atoms with van der Waals surface area (Å²) in [6, 6.07) is 0.222. The molecule has 90 valence electrons. The molecule has 1 rings (SSSR count). The van der Waals surface area contributed by atoms with E-state index < -0.39 is 5.60 Å². The highest BCUT2D eigenvalue weighted by Gasteiger charge is 2.23. The molecule has 3 nitrogen and oxygen atoms in total. The highest BCUT2D eigenvalue weighted by Crippen LogP contribution is 2.23. The van der Waals surface area contributed by atoms with Gasteiger partial charge in [-0.1, -0.05) is 0 Å². The van der Waals surface area contributed by atoms with E-state index in [4.69, 9.17) is 11.2 Å². The van der Waals surface area contributed by atoms with Gasteiger partial charge in [0.15, 0.2) is 0 Å². The number of rotatable bonds is 1. The average Bonchev–Trinajstić information content (AvgIpc) is 2.16. The smallest absolute Gasteiger partial charge is 0.407 e. The number of carbonyl (C=O) groups is 1. The molecule has 0 aromatic carbocycles. The summed E-state index contributed by atoms with van der Waals surface area (Å²) in [6.07, 6.45) is 8.95. The van der Waals surface area contributed by atoms with Crippen molar-refractivity contribution in [2.75, 3.05) is 0 Å². The van der Waals surface area contributed by atoms with Crippen molar-refractivity contribution < 1.29 is 9.53 Å². The number of ether oxygens (including phenoxy) is 1. The minimum atomic E-state index is -0.430. The van der Waals surface area contributed by atoms with Crippen LogP contribution in [0.3, 0.4) is 0 Å². The van der Waals surface area contributed by atoms with Crippen LogP contribution in [0.15, 0.2) is 0 Å². The minimum absolute atomic E-state index is 0.222. The molecule has 0 heterocycles. The molecule has 0 spiro atoms. The van der Waals surface area contributed by atoms with E-state index in [0.717, 1.165) is 25.7 Å². The van der Waals surface area contributed by atoms with Crippen molar-refractivity contribution in [3.63, 3.8) is 0 Å². The zero-order valence-corrected chi connectivity index (χ0v) is 10.4. The summed E-state index contributed by atoms with van der Waals surface area (Å²) in [4.78, 5) is 11.5. The number of hydrogen-bond acceptors (Lipinski definition) is 2. The summed E-state index contributed by atoms with van der Waals surface area (Å²) in [5.41, 5.74) is -0.430. The maximum atomic E-state index is 11.5. The first kappa shape index (κ1) is 12.9. The minimum Gasteiger partial charge on any atom is -0.444 e. The number of alkyl carbamates (subject to hydrolysis) is 1. The summed E-state index contributed by atoms with van der Waals surface area (Å²) < 4.78 is 5.20. The van der Waals surface area contributed by atoms with E-state index in [-0.39, 0.29) is 12.1 Å². The molecule has 1 fully saturated rings. The van der Waals surface area contributed by atoms with Crippen molar-refractivity contribution in [1.29, 1.82) is 0 Å². The second-order valence-electron chi connectivity index (χ2n) is 5.36. The molecule has 0 atom stereocenters. The largest absolute Gasteiger partial charge is 0.444 e. The van der Waals surface area contributed by atoms with Gasteiger partial charge in [-0.2, -0.15) is 0 Å². The van der Waals surface area contributed by atoms with Crippen molar-refractivity contribution in [3.8, 4) is 12.3 Å². The Bertz CT molecular complexity index is 277. The fraction of sp³-hybridized carbons (Fsp3) is 0.769. The molecular weight excluding hydrogens is 202 g/mol. The predicted octanol–water partition coefficient (Wildman–Crippen LogP) is 2.70. The van der Waals surface area contributed by atoms with E-state index in [2.05, 4.69) is 11.2 Å².